The van der Waals surface area contributed by atoms with Crippen LogP contribution in [-0.4, -0.2) is 10.3 Å². The molecular weight excluding hydrogens is 130 g/mol. The van der Waals surface area contributed by atoms with Crippen LogP contribution in [0.5, 0.6) is 0 Å². The lowest BCUT2D eigenvalue weighted by atomic mass is 10.4. The molecule has 0 aliphatic rings. The molecule has 0 unspecified atom stereocenters. The first-order chi connectivity index (χ1) is 4.83. The molecule has 0 aliphatic heterocycles. The molecule has 0 fully saturated rings. The molecule has 1 rings (SSSR count). The van der Waals surface area contributed by atoms with Gasteiger partial charge in [-0.3, -0.25) is 0 Å². The average molecular weight is 143 g/mol. The van der Waals surface area contributed by atoms with Gasteiger partial charge in [-0.05, 0) is 6.92 Å². The fourth-order valence-electron chi connectivity index (χ4n) is 0.492. The maximum Gasteiger partial charge on any atom is 0.134 e. The molecule has 3 heteroatoms. The summed E-state index contributed by atoms with van der Waals surface area (Å²) in [6, 6.07) is 1.69. The van der Waals surface area contributed by atoms with E-state index in [2.05, 4.69) is 9.68 Å². The minimum absolute atomic E-state index is 0.0443. The molecule has 0 amide bonds. The van der Waals surface area contributed by atoms with Crippen LogP contribution in [-0.2, 0) is 6.61 Å². The molecule has 1 N–H and O–H groups in total. The van der Waals surface area contributed by atoms with Crippen molar-refractivity contribution in [1.29, 1.82) is 0 Å². The van der Waals surface area contributed by atoms with Crippen molar-refractivity contribution >= 4 is 0 Å². The van der Waals surface area contributed by atoms with Crippen LogP contribution in [0, 0.1) is 6.92 Å². The molecule has 0 saturated carbocycles. The number of nitrogens with zero attached hydrogens (tertiary/aromatic N) is 1. The first-order valence-corrected chi connectivity index (χ1v) is 3.36. The Kier molecular flexibility index (Phi) is 4.58. The Morgan fingerprint density at radius 2 is 2.20 bits per heavy atom. The van der Waals surface area contributed by atoms with Crippen molar-refractivity contribution in [2.75, 3.05) is 0 Å². The minimum atomic E-state index is -0.0443. The number of hydrogen-bond acceptors (Lipinski definition) is 3. The molecule has 0 aliphatic carbocycles. The highest BCUT2D eigenvalue weighted by atomic mass is 16.5. The van der Waals surface area contributed by atoms with E-state index >= 15 is 0 Å². The van der Waals surface area contributed by atoms with Gasteiger partial charge in [-0.1, -0.05) is 19.0 Å². The second-order valence-electron chi connectivity index (χ2n) is 1.59. The predicted octanol–water partition coefficient (Wildman–Crippen LogP) is 1.50. The van der Waals surface area contributed by atoms with Gasteiger partial charge < -0.3 is 9.63 Å². The Balaban J connectivity index is 0.000000371. The standard InChI is InChI=1S/C5H7NO2.C2H6/c1-4-2-5(3-7)6-8-4;1-2/h2,7H,3H2,1H3;1-2H3. The van der Waals surface area contributed by atoms with Gasteiger partial charge in [0, 0.05) is 6.07 Å². The van der Waals surface area contributed by atoms with Crippen LogP contribution < -0.4 is 0 Å². The number of aromatic nitrogens is 1. The quantitative estimate of drug-likeness (QED) is 0.648. The van der Waals surface area contributed by atoms with Crippen LogP contribution in [0.4, 0.5) is 0 Å². The highest BCUT2D eigenvalue weighted by Crippen LogP contribution is 1.99. The van der Waals surface area contributed by atoms with Crippen LogP contribution in [0.1, 0.15) is 25.3 Å². The molecule has 1 heterocycles. The van der Waals surface area contributed by atoms with Gasteiger partial charge in [0.1, 0.15) is 11.5 Å². The van der Waals surface area contributed by atoms with E-state index in [1.807, 2.05) is 13.8 Å². The second-order valence-corrected chi connectivity index (χ2v) is 1.59. The van der Waals surface area contributed by atoms with Gasteiger partial charge in [0.25, 0.3) is 0 Å². The van der Waals surface area contributed by atoms with Crippen molar-refractivity contribution in [2.24, 2.45) is 0 Å². The Morgan fingerprint density at radius 3 is 2.40 bits per heavy atom. The van der Waals surface area contributed by atoms with Crippen molar-refractivity contribution < 1.29 is 9.63 Å². The molecule has 10 heavy (non-hydrogen) atoms. The lowest BCUT2D eigenvalue weighted by Gasteiger charge is -1.75. The summed E-state index contributed by atoms with van der Waals surface area (Å²) in [6.07, 6.45) is 0. The maximum atomic E-state index is 8.43. The summed E-state index contributed by atoms with van der Waals surface area (Å²) in [7, 11) is 0. The summed E-state index contributed by atoms with van der Waals surface area (Å²) >= 11 is 0. The Bertz CT molecular complexity index is 172. The van der Waals surface area contributed by atoms with Gasteiger partial charge in [0.05, 0.1) is 6.61 Å². The molecule has 0 radical (unpaired) electrons. The highest BCUT2D eigenvalue weighted by Gasteiger charge is 1.94. The Labute approximate surface area is 60.7 Å². The van der Waals surface area contributed by atoms with E-state index in [-0.39, 0.29) is 6.61 Å². The van der Waals surface area contributed by atoms with Crippen LogP contribution in [0.25, 0.3) is 0 Å². The van der Waals surface area contributed by atoms with Gasteiger partial charge in [-0.25, -0.2) is 0 Å². The second kappa shape index (κ2) is 4.99. The topological polar surface area (TPSA) is 46.3 Å². The third kappa shape index (κ3) is 2.64. The largest absolute Gasteiger partial charge is 0.390 e. The van der Waals surface area contributed by atoms with Crippen molar-refractivity contribution in [3.8, 4) is 0 Å². The minimum Gasteiger partial charge on any atom is -0.390 e. The van der Waals surface area contributed by atoms with E-state index in [0.29, 0.717) is 5.69 Å². The van der Waals surface area contributed by atoms with Crippen molar-refractivity contribution in [3.63, 3.8) is 0 Å². The zero-order valence-electron chi connectivity index (χ0n) is 6.59. The average Bonchev–Trinajstić information content (AvgIpc) is 2.40. The molecule has 3 nitrogen and oxygen atoms in total. The molecule has 0 atom stereocenters. The Hall–Kier alpha value is -0.830. The zero-order valence-corrected chi connectivity index (χ0v) is 6.59. The zero-order chi connectivity index (χ0) is 7.98. The molecule has 0 aromatic carbocycles. The highest BCUT2D eigenvalue weighted by molar-refractivity contribution is 5.01. The van der Waals surface area contributed by atoms with Crippen LogP contribution in [0.3, 0.4) is 0 Å². The fraction of sp³-hybridized carbons (Fsp3) is 0.571. The number of hydrogen-bond donors (Lipinski definition) is 1. The summed E-state index contributed by atoms with van der Waals surface area (Å²) in [5.41, 5.74) is 0.586. The van der Waals surface area contributed by atoms with Crippen molar-refractivity contribution in [2.45, 2.75) is 27.4 Å². The van der Waals surface area contributed by atoms with E-state index in [0.717, 1.165) is 5.76 Å². The maximum absolute atomic E-state index is 8.43. The number of aliphatic hydroxyl groups is 1. The molecule has 1 aromatic rings. The van der Waals surface area contributed by atoms with Crippen LogP contribution in [0.15, 0.2) is 10.6 Å². The van der Waals surface area contributed by atoms with Gasteiger partial charge >= 0.3 is 0 Å². The van der Waals surface area contributed by atoms with Crippen molar-refractivity contribution in [3.05, 3.63) is 17.5 Å². The number of rotatable bonds is 1. The monoisotopic (exact) mass is 143 g/mol. The number of aliphatic hydroxyl groups excluding tert-OH is 1. The van der Waals surface area contributed by atoms with E-state index in [1.54, 1.807) is 13.0 Å². The first-order valence-electron chi connectivity index (χ1n) is 3.36. The third-order valence-electron chi connectivity index (χ3n) is 0.839. The van der Waals surface area contributed by atoms with Crippen LogP contribution >= 0.6 is 0 Å². The van der Waals surface area contributed by atoms with Gasteiger partial charge in [0.15, 0.2) is 0 Å². The van der Waals surface area contributed by atoms with Crippen LogP contribution in [0.2, 0.25) is 0 Å². The fourth-order valence-corrected chi connectivity index (χ4v) is 0.492. The summed E-state index contributed by atoms with van der Waals surface area (Å²) < 4.78 is 4.65. The van der Waals surface area contributed by atoms with E-state index in [4.69, 9.17) is 5.11 Å². The molecule has 0 spiro atoms. The van der Waals surface area contributed by atoms with Gasteiger partial charge in [0.2, 0.25) is 0 Å². The summed E-state index contributed by atoms with van der Waals surface area (Å²) in [6.45, 7) is 5.74. The summed E-state index contributed by atoms with van der Waals surface area (Å²) in [4.78, 5) is 0. The van der Waals surface area contributed by atoms with Crippen molar-refractivity contribution in [1.82, 2.24) is 5.16 Å². The lowest BCUT2D eigenvalue weighted by Crippen LogP contribution is -1.78. The normalized spacial score (nSPS) is 8.40. The molecule has 0 bridgehead atoms. The predicted molar refractivity (Wildman–Crippen MR) is 38.5 cm³/mol. The smallest absolute Gasteiger partial charge is 0.134 e. The molecular formula is C7H13NO2. The molecule has 58 valence electrons. The summed E-state index contributed by atoms with van der Waals surface area (Å²) in [5.74, 6) is 0.731. The first kappa shape index (κ1) is 9.17. The third-order valence-corrected chi connectivity index (χ3v) is 0.839. The lowest BCUT2D eigenvalue weighted by molar-refractivity contribution is 0.265. The summed E-state index contributed by atoms with van der Waals surface area (Å²) in [5, 5.41) is 11.9. The molecule has 0 saturated heterocycles. The van der Waals surface area contributed by atoms with E-state index in [9.17, 15) is 0 Å². The Morgan fingerprint density at radius 1 is 1.60 bits per heavy atom. The SMILES string of the molecule is CC.Cc1cc(CO)no1. The van der Waals surface area contributed by atoms with Gasteiger partial charge in [-0.15, -0.1) is 0 Å². The molecule has 1 aromatic heterocycles. The van der Waals surface area contributed by atoms with Gasteiger partial charge in [-0.2, -0.15) is 0 Å². The van der Waals surface area contributed by atoms with E-state index < -0.39 is 0 Å². The van der Waals surface area contributed by atoms with E-state index in [1.165, 1.54) is 0 Å². The number of aryl methyl sites for hydroxylation is 1.